The van der Waals surface area contributed by atoms with Crippen LogP contribution < -0.4 is 5.73 Å². The second kappa shape index (κ2) is 4.59. The molecule has 8 heteroatoms. The van der Waals surface area contributed by atoms with Gasteiger partial charge in [0.05, 0.1) is 5.56 Å². The number of alkyl halides is 2. The Morgan fingerprint density at radius 3 is 2.69 bits per heavy atom. The van der Waals surface area contributed by atoms with Crippen LogP contribution in [-0.2, 0) is 6.54 Å². The molecule has 0 aliphatic heterocycles. The van der Waals surface area contributed by atoms with Gasteiger partial charge in [0.2, 0.25) is 0 Å². The Morgan fingerprint density at radius 1 is 1.69 bits per heavy atom. The van der Waals surface area contributed by atoms with Crippen molar-refractivity contribution in [3.63, 3.8) is 0 Å². The average molecular weight is 228 g/mol. The van der Waals surface area contributed by atoms with Crippen molar-refractivity contribution in [1.29, 1.82) is 5.26 Å². The Balaban J connectivity index is 3.58. The van der Waals surface area contributed by atoms with E-state index in [1.54, 1.807) is 0 Å². The maximum absolute atomic E-state index is 12.6. The summed E-state index contributed by atoms with van der Waals surface area (Å²) in [6.45, 7) is -0.187. The van der Waals surface area contributed by atoms with Crippen molar-refractivity contribution in [2.75, 3.05) is 0 Å². The lowest BCUT2D eigenvalue weighted by atomic mass is 10.0. The van der Waals surface area contributed by atoms with Crippen molar-refractivity contribution in [1.82, 2.24) is 4.98 Å². The number of aromatic nitrogens is 1. The summed E-state index contributed by atoms with van der Waals surface area (Å²) in [7, 11) is 0. The van der Waals surface area contributed by atoms with Gasteiger partial charge >= 0.3 is 5.82 Å². The van der Waals surface area contributed by atoms with Gasteiger partial charge in [0.15, 0.2) is 0 Å². The molecule has 1 aromatic heterocycles. The van der Waals surface area contributed by atoms with Gasteiger partial charge in [-0.15, -0.1) is 0 Å². The number of pyridine rings is 1. The zero-order valence-electron chi connectivity index (χ0n) is 7.85. The molecule has 0 bridgehead atoms. The fourth-order valence-electron chi connectivity index (χ4n) is 1.20. The quantitative estimate of drug-likeness (QED) is 0.619. The van der Waals surface area contributed by atoms with E-state index in [0.29, 0.717) is 0 Å². The van der Waals surface area contributed by atoms with Crippen molar-refractivity contribution < 1.29 is 13.7 Å². The highest BCUT2D eigenvalue weighted by molar-refractivity contribution is 5.51. The van der Waals surface area contributed by atoms with Gasteiger partial charge in [-0.2, -0.15) is 5.26 Å². The van der Waals surface area contributed by atoms with Crippen LogP contribution in [0.2, 0.25) is 0 Å². The van der Waals surface area contributed by atoms with Gasteiger partial charge in [-0.25, -0.2) is 8.78 Å². The predicted octanol–water partition coefficient (Wildman–Crippen LogP) is 1.26. The summed E-state index contributed by atoms with van der Waals surface area (Å²) in [4.78, 5) is 12.7. The first-order valence-electron chi connectivity index (χ1n) is 4.07. The zero-order chi connectivity index (χ0) is 12.3. The van der Waals surface area contributed by atoms with Crippen LogP contribution in [0.15, 0.2) is 6.20 Å². The molecule has 16 heavy (non-hydrogen) atoms. The third kappa shape index (κ3) is 1.94. The van der Waals surface area contributed by atoms with E-state index < -0.39 is 28.3 Å². The molecule has 0 saturated carbocycles. The molecule has 2 N–H and O–H groups in total. The molecular weight excluding hydrogens is 222 g/mol. The molecular formula is C8H6F2N4O2. The third-order valence-electron chi connectivity index (χ3n) is 1.90. The van der Waals surface area contributed by atoms with Gasteiger partial charge in [-0.3, -0.25) is 0 Å². The number of halogens is 2. The molecule has 6 nitrogen and oxygen atoms in total. The second-order valence-electron chi connectivity index (χ2n) is 2.77. The highest BCUT2D eigenvalue weighted by Crippen LogP contribution is 2.31. The molecule has 0 spiro atoms. The first-order valence-corrected chi connectivity index (χ1v) is 4.07. The molecule has 0 aliphatic rings. The molecule has 0 radical (unpaired) electrons. The Kier molecular flexibility index (Phi) is 3.42. The van der Waals surface area contributed by atoms with Crippen molar-refractivity contribution in [3.05, 3.63) is 33.0 Å². The van der Waals surface area contributed by atoms with Crippen LogP contribution in [0.1, 0.15) is 23.1 Å². The fourth-order valence-corrected chi connectivity index (χ4v) is 1.20. The monoisotopic (exact) mass is 228 g/mol. The number of hydrogen-bond donors (Lipinski definition) is 1. The molecule has 1 heterocycles. The first-order chi connectivity index (χ1) is 7.52. The molecule has 0 unspecified atom stereocenters. The summed E-state index contributed by atoms with van der Waals surface area (Å²) in [6, 6.07) is 1.49. The summed E-state index contributed by atoms with van der Waals surface area (Å²) < 4.78 is 25.2. The molecule has 84 valence electrons. The number of hydrogen-bond acceptors (Lipinski definition) is 5. The minimum atomic E-state index is -3.14. The van der Waals surface area contributed by atoms with Crippen LogP contribution in [0.4, 0.5) is 14.6 Å². The van der Waals surface area contributed by atoms with E-state index in [2.05, 4.69) is 4.98 Å². The van der Waals surface area contributed by atoms with Crippen LogP contribution in [0.25, 0.3) is 0 Å². The molecule has 0 amide bonds. The third-order valence-corrected chi connectivity index (χ3v) is 1.90. The summed E-state index contributed by atoms with van der Waals surface area (Å²) in [5.41, 5.74) is 3.82. The number of nitro groups is 1. The maximum atomic E-state index is 12.6. The number of nitrogens with zero attached hydrogens (tertiary/aromatic N) is 3. The van der Waals surface area contributed by atoms with E-state index in [1.165, 1.54) is 6.07 Å². The van der Waals surface area contributed by atoms with Gasteiger partial charge in [-0.05, 0) is 9.91 Å². The predicted molar refractivity (Wildman–Crippen MR) is 48.5 cm³/mol. The highest BCUT2D eigenvalue weighted by Gasteiger charge is 2.29. The van der Waals surface area contributed by atoms with E-state index in [-0.39, 0.29) is 12.1 Å². The Labute approximate surface area is 88.5 Å². The van der Waals surface area contributed by atoms with E-state index in [4.69, 9.17) is 11.0 Å². The standard InChI is InChI=1S/C8H6F2N4O2/c9-7(10)6-5(2-12)4(1-11)3-13-8(6)14(15)16/h3,7H,1,11H2. The average Bonchev–Trinajstić information content (AvgIpc) is 2.26. The Hall–Kier alpha value is -2.14. The van der Waals surface area contributed by atoms with Crippen LogP contribution >= 0.6 is 0 Å². The molecule has 0 aliphatic carbocycles. The van der Waals surface area contributed by atoms with Gasteiger partial charge < -0.3 is 15.8 Å². The van der Waals surface area contributed by atoms with Crippen molar-refractivity contribution in [2.45, 2.75) is 13.0 Å². The topological polar surface area (TPSA) is 106 Å². The number of nitrogens with two attached hydrogens (primary N) is 1. The fraction of sp³-hybridized carbons (Fsp3) is 0.250. The van der Waals surface area contributed by atoms with Gasteiger partial charge in [-0.1, -0.05) is 0 Å². The molecule has 0 aromatic carbocycles. The molecule has 0 fully saturated rings. The normalized spacial score (nSPS) is 10.2. The maximum Gasteiger partial charge on any atom is 0.373 e. The van der Waals surface area contributed by atoms with Crippen LogP contribution in [-0.4, -0.2) is 9.91 Å². The summed E-state index contributed by atoms with van der Waals surface area (Å²) in [5, 5.41) is 19.2. The molecule has 0 atom stereocenters. The summed E-state index contributed by atoms with van der Waals surface area (Å²) >= 11 is 0. The molecule has 0 saturated heterocycles. The van der Waals surface area contributed by atoms with E-state index in [9.17, 15) is 18.9 Å². The minimum Gasteiger partial charge on any atom is -0.358 e. The Morgan fingerprint density at radius 2 is 2.31 bits per heavy atom. The van der Waals surface area contributed by atoms with Crippen LogP contribution in [0, 0.1) is 21.4 Å². The smallest absolute Gasteiger partial charge is 0.358 e. The van der Waals surface area contributed by atoms with Crippen LogP contribution in [0.3, 0.4) is 0 Å². The first kappa shape index (κ1) is 11.9. The largest absolute Gasteiger partial charge is 0.373 e. The van der Waals surface area contributed by atoms with E-state index in [0.717, 1.165) is 6.20 Å². The highest BCUT2D eigenvalue weighted by atomic mass is 19.3. The zero-order valence-corrected chi connectivity index (χ0v) is 7.85. The number of rotatable bonds is 3. The van der Waals surface area contributed by atoms with Gasteiger partial charge in [0.1, 0.15) is 17.8 Å². The summed E-state index contributed by atoms with van der Waals surface area (Å²) in [5.74, 6) is -1.01. The lowest BCUT2D eigenvalue weighted by Crippen LogP contribution is -2.08. The number of nitriles is 1. The minimum absolute atomic E-state index is 0.0587. The van der Waals surface area contributed by atoms with Crippen LogP contribution in [0.5, 0.6) is 0 Å². The molecule has 1 aromatic rings. The van der Waals surface area contributed by atoms with Gasteiger partial charge in [0.25, 0.3) is 6.43 Å². The van der Waals surface area contributed by atoms with Crippen molar-refractivity contribution >= 4 is 5.82 Å². The summed E-state index contributed by atoms with van der Waals surface area (Å²) in [6.07, 6.45) is -2.18. The van der Waals surface area contributed by atoms with Crippen molar-refractivity contribution in [3.8, 4) is 6.07 Å². The van der Waals surface area contributed by atoms with E-state index >= 15 is 0 Å². The second-order valence-corrected chi connectivity index (χ2v) is 2.77. The van der Waals surface area contributed by atoms with E-state index in [1.807, 2.05) is 0 Å². The van der Waals surface area contributed by atoms with Gasteiger partial charge in [0, 0.05) is 12.1 Å². The van der Waals surface area contributed by atoms with Crippen molar-refractivity contribution in [2.24, 2.45) is 5.73 Å². The Bertz CT molecular complexity index is 470. The lowest BCUT2D eigenvalue weighted by Gasteiger charge is -2.06. The lowest BCUT2D eigenvalue weighted by molar-refractivity contribution is -0.391. The molecule has 1 rings (SSSR count). The SMILES string of the molecule is N#Cc1c(CN)cnc([N+](=O)[O-])c1C(F)F.